The Morgan fingerprint density at radius 3 is 2.80 bits per heavy atom. The molecule has 0 radical (unpaired) electrons. The van der Waals surface area contributed by atoms with E-state index < -0.39 is 0 Å². The lowest BCUT2D eigenvalue weighted by Crippen LogP contribution is -2.33. The lowest BCUT2D eigenvalue weighted by molar-refractivity contribution is 0.171. The predicted molar refractivity (Wildman–Crippen MR) is 81.5 cm³/mol. The van der Waals surface area contributed by atoms with Crippen molar-refractivity contribution in [1.82, 2.24) is 10.2 Å². The summed E-state index contributed by atoms with van der Waals surface area (Å²) in [6, 6.07) is 5.81. The van der Waals surface area contributed by atoms with Crippen molar-refractivity contribution in [3.8, 4) is 0 Å². The van der Waals surface area contributed by atoms with E-state index in [0.29, 0.717) is 0 Å². The molecule has 1 saturated heterocycles. The van der Waals surface area contributed by atoms with Crippen molar-refractivity contribution >= 4 is 0 Å². The Kier molecular flexibility index (Phi) is 4.79. The molecule has 112 valence electrons. The van der Waals surface area contributed by atoms with Crippen LogP contribution in [0.3, 0.4) is 0 Å². The molecule has 3 nitrogen and oxygen atoms in total. The maximum Gasteiger partial charge on any atom is 0.118 e. The molecule has 1 aromatic rings. The highest BCUT2D eigenvalue weighted by atomic mass is 16.3. The van der Waals surface area contributed by atoms with Crippen molar-refractivity contribution in [3.05, 3.63) is 23.7 Å². The molecule has 0 aromatic carbocycles. The van der Waals surface area contributed by atoms with Gasteiger partial charge in [0.25, 0.3) is 0 Å². The van der Waals surface area contributed by atoms with E-state index in [-0.39, 0.29) is 0 Å². The third-order valence-corrected chi connectivity index (χ3v) is 4.69. The molecule has 3 heteroatoms. The van der Waals surface area contributed by atoms with E-state index in [1.807, 2.05) is 0 Å². The van der Waals surface area contributed by atoms with Gasteiger partial charge in [0.2, 0.25) is 0 Å². The van der Waals surface area contributed by atoms with Crippen molar-refractivity contribution in [1.29, 1.82) is 0 Å². The van der Waals surface area contributed by atoms with E-state index in [9.17, 15) is 0 Å². The quantitative estimate of drug-likeness (QED) is 0.859. The minimum absolute atomic E-state index is 0.746. The monoisotopic (exact) mass is 276 g/mol. The molecule has 2 aliphatic rings. The number of likely N-dealkylation sites (tertiary alicyclic amines) is 1. The van der Waals surface area contributed by atoms with E-state index in [0.717, 1.165) is 36.7 Å². The number of hydrogen-bond donors (Lipinski definition) is 1. The normalized spacial score (nSPS) is 24.8. The van der Waals surface area contributed by atoms with Crippen LogP contribution in [0, 0.1) is 0 Å². The average molecular weight is 276 g/mol. The topological polar surface area (TPSA) is 28.4 Å². The molecule has 1 N–H and O–H groups in total. The van der Waals surface area contributed by atoms with Gasteiger partial charge in [0.15, 0.2) is 0 Å². The summed E-state index contributed by atoms with van der Waals surface area (Å²) in [7, 11) is 0. The fourth-order valence-corrected chi connectivity index (χ4v) is 3.24. The number of furan rings is 1. The molecular formula is C17H28N2O. The molecule has 1 saturated carbocycles. The lowest BCUT2D eigenvalue weighted by atomic mass is 10.1. The van der Waals surface area contributed by atoms with Crippen LogP contribution in [0.4, 0.5) is 0 Å². The van der Waals surface area contributed by atoms with Gasteiger partial charge in [-0.15, -0.1) is 0 Å². The highest BCUT2D eigenvalue weighted by Gasteiger charge is 2.22. The third-order valence-electron chi connectivity index (χ3n) is 4.69. The average Bonchev–Trinajstić information content (AvgIpc) is 3.22. The SMILES string of the molecule is CCC1CCCCCN1Cc1ccc(CNC2CC2)o1. The Balaban J connectivity index is 1.54. The second kappa shape index (κ2) is 6.77. The molecule has 1 atom stereocenters. The first-order valence-corrected chi connectivity index (χ1v) is 8.40. The zero-order chi connectivity index (χ0) is 13.8. The van der Waals surface area contributed by atoms with Crippen LogP contribution >= 0.6 is 0 Å². The summed E-state index contributed by atoms with van der Waals surface area (Å²) < 4.78 is 5.99. The molecule has 1 unspecified atom stereocenters. The molecule has 1 aliphatic heterocycles. The largest absolute Gasteiger partial charge is 0.463 e. The zero-order valence-electron chi connectivity index (χ0n) is 12.7. The molecule has 0 amide bonds. The van der Waals surface area contributed by atoms with E-state index >= 15 is 0 Å². The number of nitrogens with one attached hydrogen (secondary N) is 1. The van der Waals surface area contributed by atoms with Gasteiger partial charge in [0.05, 0.1) is 13.1 Å². The molecule has 3 rings (SSSR count). The molecule has 2 heterocycles. The molecule has 1 aromatic heterocycles. The van der Waals surface area contributed by atoms with Crippen LogP contribution in [0.2, 0.25) is 0 Å². The summed E-state index contributed by atoms with van der Waals surface area (Å²) in [5.41, 5.74) is 0. The number of nitrogens with zero attached hydrogens (tertiary/aromatic N) is 1. The lowest BCUT2D eigenvalue weighted by Gasteiger charge is -2.28. The van der Waals surface area contributed by atoms with E-state index in [4.69, 9.17) is 4.42 Å². The van der Waals surface area contributed by atoms with Gasteiger partial charge in [-0.2, -0.15) is 0 Å². The highest BCUT2D eigenvalue weighted by Crippen LogP contribution is 2.23. The summed E-state index contributed by atoms with van der Waals surface area (Å²) in [5, 5.41) is 3.51. The Hall–Kier alpha value is -0.800. The summed E-state index contributed by atoms with van der Waals surface area (Å²) in [6.07, 6.45) is 9.40. The van der Waals surface area contributed by atoms with E-state index in [1.165, 1.54) is 51.5 Å². The summed E-state index contributed by atoms with van der Waals surface area (Å²) in [6.45, 7) is 5.43. The molecule has 0 bridgehead atoms. The van der Waals surface area contributed by atoms with E-state index in [1.54, 1.807) is 0 Å². The van der Waals surface area contributed by atoms with Gasteiger partial charge in [-0.3, -0.25) is 4.90 Å². The minimum atomic E-state index is 0.746. The van der Waals surface area contributed by atoms with Crippen LogP contribution in [0.1, 0.15) is 63.4 Å². The first-order valence-electron chi connectivity index (χ1n) is 8.40. The van der Waals surface area contributed by atoms with E-state index in [2.05, 4.69) is 29.3 Å². The first-order chi connectivity index (χ1) is 9.85. The van der Waals surface area contributed by atoms with Gasteiger partial charge < -0.3 is 9.73 Å². The summed E-state index contributed by atoms with van der Waals surface area (Å²) in [4.78, 5) is 2.63. The van der Waals surface area contributed by atoms with Crippen LogP contribution in [-0.4, -0.2) is 23.5 Å². The standard InChI is InChI=1S/C17H28N2O/c1-2-15-6-4-3-5-11-19(15)13-17-10-9-16(20-17)12-18-14-7-8-14/h9-10,14-15,18H,2-8,11-13H2,1H3. The number of hydrogen-bond acceptors (Lipinski definition) is 3. The van der Waals surface area contributed by atoms with Gasteiger partial charge >= 0.3 is 0 Å². The molecule has 0 spiro atoms. The van der Waals surface area contributed by atoms with Crippen LogP contribution in [-0.2, 0) is 13.1 Å². The Labute approximate surface area is 122 Å². The fourth-order valence-electron chi connectivity index (χ4n) is 3.24. The van der Waals surface area contributed by atoms with Crippen molar-refractivity contribution in [3.63, 3.8) is 0 Å². The molecule has 20 heavy (non-hydrogen) atoms. The molecule has 1 aliphatic carbocycles. The zero-order valence-corrected chi connectivity index (χ0v) is 12.7. The van der Waals surface area contributed by atoms with Gasteiger partial charge in [0, 0.05) is 12.1 Å². The maximum absolute atomic E-state index is 5.99. The van der Waals surface area contributed by atoms with Gasteiger partial charge in [0.1, 0.15) is 11.5 Å². The minimum Gasteiger partial charge on any atom is -0.463 e. The smallest absolute Gasteiger partial charge is 0.118 e. The first kappa shape index (κ1) is 14.2. The second-order valence-corrected chi connectivity index (χ2v) is 6.41. The van der Waals surface area contributed by atoms with Gasteiger partial charge in [-0.05, 0) is 50.8 Å². The molecule has 2 fully saturated rings. The second-order valence-electron chi connectivity index (χ2n) is 6.41. The fraction of sp³-hybridized carbons (Fsp3) is 0.765. The van der Waals surface area contributed by atoms with Crippen LogP contribution in [0.25, 0.3) is 0 Å². The summed E-state index contributed by atoms with van der Waals surface area (Å²) >= 11 is 0. The third kappa shape index (κ3) is 3.86. The molecular weight excluding hydrogens is 248 g/mol. The van der Waals surface area contributed by atoms with Crippen molar-refractivity contribution in [2.75, 3.05) is 6.54 Å². The Morgan fingerprint density at radius 2 is 2.00 bits per heavy atom. The van der Waals surface area contributed by atoms with Crippen molar-refractivity contribution in [2.45, 2.75) is 77.0 Å². The van der Waals surface area contributed by atoms with Crippen molar-refractivity contribution < 1.29 is 4.42 Å². The Morgan fingerprint density at radius 1 is 1.15 bits per heavy atom. The Bertz CT molecular complexity index is 411. The maximum atomic E-state index is 5.99. The highest BCUT2D eigenvalue weighted by molar-refractivity contribution is 5.08. The van der Waals surface area contributed by atoms with Crippen LogP contribution < -0.4 is 5.32 Å². The van der Waals surface area contributed by atoms with Crippen molar-refractivity contribution in [2.24, 2.45) is 0 Å². The summed E-state index contributed by atoms with van der Waals surface area (Å²) in [5.74, 6) is 2.23. The van der Waals surface area contributed by atoms with Gasteiger partial charge in [-0.25, -0.2) is 0 Å². The van der Waals surface area contributed by atoms with Crippen LogP contribution in [0.5, 0.6) is 0 Å². The van der Waals surface area contributed by atoms with Gasteiger partial charge in [-0.1, -0.05) is 19.8 Å². The number of rotatable bonds is 6. The van der Waals surface area contributed by atoms with Crippen LogP contribution in [0.15, 0.2) is 16.5 Å². The predicted octanol–water partition coefficient (Wildman–Crippen LogP) is 3.69.